The minimum absolute atomic E-state index is 0.213. The van der Waals surface area contributed by atoms with Crippen molar-refractivity contribution in [2.24, 2.45) is 0 Å². The van der Waals surface area contributed by atoms with Gasteiger partial charge in [-0.3, -0.25) is 4.79 Å². The quantitative estimate of drug-likeness (QED) is 0.718. The van der Waals surface area contributed by atoms with Crippen LogP contribution in [0.3, 0.4) is 0 Å². The molecule has 0 aromatic heterocycles. The first-order valence-electron chi connectivity index (χ1n) is 7.00. The Morgan fingerprint density at radius 2 is 1.95 bits per heavy atom. The fourth-order valence-corrected chi connectivity index (χ4v) is 1.57. The molecule has 1 rings (SSSR count). The topological polar surface area (TPSA) is 76.7 Å². The van der Waals surface area contributed by atoms with E-state index in [2.05, 4.69) is 10.6 Å². The summed E-state index contributed by atoms with van der Waals surface area (Å²) in [6.45, 7) is 3.09. The lowest BCUT2D eigenvalue weighted by Gasteiger charge is -2.08. The van der Waals surface area contributed by atoms with E-state index < -0.39 is 6.09 Å². The van der Waals surface area contributed by atoms with E-state index in [-0.39, 0.29) is 5.91 Å². The van der Waals surface area contributed by atoms with Crippen LogP contribution in [0.15, 0.2) is 24.3 Å². The number of carbonyl (C=O) groups excluding carboxylic acids is 2. The SMILES string of the molecule is CCCCOC(=O)NCCNC(=O)c1cccc(OC)c1. The molecule has 0 fully saturated rings. The van der Waals surface area contributed by atoms with Gasteiger partial charge in [0.05, 0.1) is 13.7 Å². The summed E-state index contributed by atoms with van der Waals surface area (Å²) >= 11 is 0. The van der Waals surface area contributed by atoms with E-state index in [9.17, 15) is 9.59 Å². The first kappa shape index (κ1) is 16.8. The average molecular weight is 294 g/mol. The van der Waals surface area contributed by atoms with Crippen LogP contribution in [-0.2, 0) is 4.74 Å². The standard InChI is InChI=1S/C15H22N2O4/c1-3-4-10-21-15(19)17-9-8-16-14(18)12-6-5-7-13(11-12)20-2/h5-7,11H,3-4,8-10H2,1-2H3,(H,16,18)(H,17,19). The molecule has 6 heteroatoms. The van der Waals surface area contributed by atoms with Crippen LogP contribution in [0.4, 0.5) is 4.79 Å². The van der Waals surface area contributed by atoms with E-state index >= 15 is 0 Å². The van der Waals surface area contributed by atoms with Crippen molar-refractivity contribution >= 4 is 12.0 Å². The molecule has 0 atom stereocenters. The van der Waals surface area contributed by atoms with Crippen LogP contribution in [0.1, 0.15) is 30.1 Å². The molecule has 0 saturated carbocycles. The molecular formula is C15H22N2O4. The summed E-state index contributed by atoms with van der Waals surface area (Å²) in [6.07, 6.45) is 1.36. The molecule has 0 unspecified atom stereocenters. The van der Waals surface area contributed by atoms with Gasteiger partial charge in [0.15, 0.2) is 0 Å². The Hall–Kier alpha value is -2.24. The second-order valence-corrected chi connectivity index (χ2v) is 4.40. The summed E-state index contributed by atoms with van der Waals surface area (Å²) in [7, 11) is 1.55. The lowest BCUT2D eigenvalue weighted by atomic mass is 10.2. The minimum Gasteiger partial charge on any atom is -0.497 e. The highest BCUT2D eigenvalue weighted by Crippen LogP contribution is 2.12. The maximum absolute atomic E-state index is 11.9. The second kappa shape index (κ2) is 9.63. The Kier molecular flexibility index (Phi) is 7.71. The Balaban J connectivity index is 2.22. The van der Waals surface area contributed by atoms with Gasteiger partial charge < -0.3 is 20.1 Å². The molecule has 1 aromatic carbocycles. The smallest absolute Gasteiger partial charge is 0.407 e. The van der Waals surface area contributed by atoms with Crippen LogP contribution in [0.2, 0.25) is 0 Å². The van der Waals surface area contributed by atoms with E-state index in [0.29, 0.717) is 31.0 Å². The monoisotopic (exact) mass is 294 g/mol. The predicted molar refractivity (Wildman–Crippen MR) is 79.6 cm³/mol. The van der Waals surface area contributed by atoms with E-state index in [1.165, 1.54) is 0 Å². The van der Waals surface area contributed by atoms with Gasteiger partial charge >= 0.3 is 6.09 Å². The number of hydrogen-bond donors (Lipinski definition) is 2. The molecule has 0 aliphatic heterocycles. The third-order valence-electron chi connectivity index (χ3n) is 2.74. The summed E-state index contributed by atoms with van der Waals surface area (Å²) in [6, 6.07) is 6.87. The van der Waals surface area contributed by atoms with Crippen LogP contribution >= 0.6 is 0 Å². The van der Waals surface area contributed by atoms with Crippen molar-refractivity contribution in [1.82, 2.24) is 10.6 Å². The van der Waals surface area contributed by atoms with Crippen molar-refractivity contribution in [3.8, 4) is 5.75 Å². The fraction of sp³-hybridized carbons (Fsp3) is 0.467. The first-order chi connectivity index (χ1) is 10.2. The molecule has 0 spiro atoms. The highest BCUT2D eigenvalue weighted by molar-refractivity contribution is 5.94. The Morgan fingerprint density at radius 1 is 1.19 bits per heavy atom. The molecule has 0 heterocycles. The van der Waals surface area contributed by atoms with Crippen LogP contribution < -0.4 is 15.4 Å². The van der Waals surface area contributed by atoms with Crippen LogP contribution in [0.25, 0.3) is 0 Å². The van der Waals surface area contributed by atoms with Crippen molar-refractivity contribution < 1.29 is 19.1 Å². The number of hydrogen-bond acceptors (Lipinski definition) is 4. The number of rotatable bonds is 8. The fourth-order valence-electron chi connectivity index (χ4n) is 1.57. The lowest BCUT2D eigenvalue weighted by molar-refractivity contribution is 0.0951. The zero-order valence-corrected chi connectivity index (χ0v) is 12.5. The first-order valence-corrected chi connectivity index (χ1v) is 7.00. The molecule has 6 nitrogen and oxygen atoms in total. The van der Waals surface area contributed by atoms with Crippen molar-refractivity contribution in [3.05, 3.63) is 29.8 Å². The molecule has 2 N–H and O–H groups in total. The summed E-state index contributed by atoms with van der Waals surface area (Å²) in [5.74, 6) is 0.412. The van der Waals surface area contributed by atoms with Crippen molar-refractivity contribution in [2.45, 2.75) is 19.8 Å². The van der Waals surface area contributed by atoms with E-state index in [0.717, 1.165) is 12.8 Å². The Bertz CT molecular complexity index is 463. The molecular weight excluding hydrogens is 272 g/mol. The van der Waals surface area contributed by atoms with Crippen molar-refractivity contribution in [1.29, 1.82) is 0 Å². The number of methoxy groups -OCH3 is 1. The van der Waals surface area contributed by atoms with Gasteiger partial charge in [0.25, 0.3) is 5.91 Å². The van der Waals surface area contributed by atoms with Gasteiger partial charge in [-0.25, -0.2) is 4.79 Å². The number of unbranched alkanes of at least 4 members (excludes halogenated alkanes) is 1. The van der Waals surface area contributed by atoms with Gasteiger partial charge in [-0.05, 0) is 24.6 Å². The Labute approximate surface area is 124 Å². The van der Waals surface area contributed by atoms with Gasteiger partial charge in [-0.15, -0.1) is 0 Å². The molecule has 0 aliphatic carbocycles. The van der Waals surface area contributed by atoms with Crippen molar-refractivity contribution in [2.75, 3.05) is 26.8 Å². The molecule has 0 saturated heterocycles. The largest absolute Gasteiger partial charge is 0.497 e. The Morgan fingerprint density at radius 3 is 2.67 bits per heavy atom. The van der Waals surface area contributed by atoms with E-state index in [1.807, 2.05) is 6.92 Å². The molecule has 2 amide bonds. The highest BCUT2D eigenvalue weighted by Gasteiger charge is 2.06. The van der Waals surface area contributed by atoms with Gasteiger partial charge in [0.2, 0.25) is 0 Å². The number of amides is 2. The second-order valence-electron chi connectivity index (χ2n) is 4.40. The molecule has 0 bridgehead atoms. The van der Waals surface area contributed by atoms with Crippen LogP contribution in [0.5, 0.6) is 5.75 Å². The summed E-state index contributed by atoms with van der Waals surface area (Å²) < 4.78 is 9.98. The predicted octanol–water partition coefficient (Wildman–Crippen LogP) is 1.95. The summed E-state index contributed by atoms with van der Waals surface area (Å²) in [4.78, 5) is 23.1. The summed E-state index contributed by atoms with van der Waals surface area (Å²) in [5, 5.41) is 5.28. The van der Waals surface area contributed by atoms with Crippen molar-refractivity contribution in [3.63, 3.8) is 0 Å². The summed E-state index contributed by atoms with van der Waals surface area (Å²) in [5.41, 5.74) is 0.514. The van der Waals surface area contributed by atoms with Gasteiger partial charge in [-0.2, -0.15) is 0 Å². The number of carbonyl (C=O) groups is 2. The lowest BCUT2D eigenvalue weighted by Crippen LogP contribution is -2.35. The minimum atomic E-state index is -0.459. The number of alkyl carbamates (subject to hydrolysis) is 1. The molecule has 116 valence electrons. The highest BCUT2D eigenvalue weighted by atomic mass is 16.5. The third kappa shape index (κ3) is 6.65. The number of benzene rings is 1. The van der Waals surface area contributed by atoms with Crippen LogP contribution in [0, 0.1) is 0 Å². The van der Waals surface area contributed by atoms with Gasteiger partial charge in [0.1, 0.15) is 5.75 Å². The zero-order chi connectivity index (χ0) is 15.5. The maximum Gasteiger partial charge on any atom is 0.407 e. The van der Waals surface area contributed by atoms with Crippen LogP contribution in [-0.4, -0.2) is 38.8 Å². The normalized spacial score (nSPS) is 9.81. The third-order valence-corrected chi connectivity index (χ3v) is 2.74. The molecule has 0 radical (unpaired) electrons. The van der Waals surface area contributed by atoms with E-state index in [1.54, 1.807) is 31.4 Å². The molecule has 21 heavy (non-hydrogen) atoms. The van der Waals surface area contributed by atoms with Gasteiger partial charge in [-0.1, -0.05) is 19.4 Å². The number of ether oxygens (including phenoxy) is 2. The zero-order valence-electron chi connectivity index (χ0n) is 12.5. The molecule has 0 aliphatic rings. The molecule has 1 aromatic rings. The average Bonchev–Trinajstić information content (AvgIpc) is 2.51. The van der Waals surface area contributed by atoms with E-state index in [4.69, 9.17) is 9.47 Å². The number of nitrogens with one attached hydrogen (secondary N) is 2. The maximum atomic E-state index is 11.9. The van der Waals surface area contributed by atoms with Gasteiger partial charge in [0, 0.05) is 18.7 Å².